The van der Waals surface area contributed by atoms with Gasteiger partial charge in [0.2, 0.25) is 11.8 Å². The first-order valence-electron chi connectivity index (χ1n) is 12.9. The zero-order valence-corrected chi connectivity index (χ0v) is 22.0. The van der Waals surface area contributed by atoms with Crippen molar-refractivity contribution in [3.8, 4) is 11.5 Å². The molecule has 212 valence electrons. The molecule has 1 fully saturated rings. The van der Waals surface area contributed by atoms with E-state index < -0.39 is 35.1 Å². The van der Waals surface area contributed by atoms with E-state index in [1.54, 1.807) is 32.0 Å². The highest BCUT2D eigenvalue weighted by molar-refractivity contribution is 5.95. The summed E-state index contributed by atoms with van der Waals surface area (Å²) in [6.45, 7) is 3.27. The molecule has 0 radical (unpaired) electrons. The van der Waals surface area contributed by atoms with Gasteiger partial charge in [-0.2, -0.15) is 18.2 Å². The first-order valence-corrected chi connectivity index (χ1v) is 12.9. The maximum Gasteiger partial charge on any atom is 0.403 e. The van der Waals surface area contributed by atoms with Gasteiger partial charge in [-0.1, -0.05) is 30.3 Å². The lowest BCUT2D eigenvalue weighted by atomic mass is 9.95. The normalized spacial score (nSPS) is 17.5. The molecule has 2 aromatic heterocycles. The van der Waals surface area contributed by atoms with Gasteiger partial charge in [-0.15, -0.1) is 10.2 Å². The van der Waals surface area contributed by atoms with E-state index >= 15 is 0 Å². The summed E-state index contributed by atoms with van der Waals surface area (Å²) in [6, 6.07) is 13.6. The first-order chi connectivity index (χ1) is 19.5. The van der Waals surface area contributed by atoms with Gasteiger partial charge >= 0.3 is 12.1 Å². The molecule has 0 spiro atoms. The van der Waals surface area contributed by atoms with Crippen molar-refractivity contribution in [3.63, 3.8) is 0 Å². The van der Waals surface area contributed by atoms with E-state index in [0.29, 0.717) is 16.8 Å². The Balaban J connectivity index is 1.36. The summed E-state index contributed by atoms with van der Waals surface area (Å²) in [4.78, 5) is 21.0. The lowest BCUT2D eigenvalue weighted by Gasteiger charge is -2.20. The molecule has 3 N–H and O–H groups in total. The first kappa shape index (κ1) is 26.7. The minimum Gasteiger partial charge on any atom is -0.451 e. The second-order valence-corrected chi connectivity index (χ2v) is 10.5. The Bertz CT molecular complexity index is 1620. The average Bonchev–Trinajstić information content (AvgIpc) is 3.57. The summed E-state index contributed by atoms with van der Waals surface area (Å²) >= 11 is 0. The summed E-state index contributed by atoms with van der Waals surface area (Å²) in [5, 5.41) is 24.0. The fourth-order valence-electron chi connectivity index (χ4n) is 4.83. The predicted octanol–water partition coefficient (Wildman–Crippen LogP) is 5.42. The zero-order chi connectivity index (χ0) is 29.0. The molecule has 10 nitrogen and oxygen atoms in total. The Kier molecular flexibility index (Phi) is 6.21. The van der Waals surface area contributed by atoms with E-state index in [4.69, 9.17) is 9.15 Å². The largest absolute Gasteiger partial charge is 0.451 e. The number of alkyl halides is 3. The summed E-state index contributed by atoms with van der Waals surface area (Å²) in [7, 11) is 0. The lowest BCUT2D eigenvalue weighted by Crippen LogP contribution is -2.28. The van der Waals surface area contributed by atoms with Crippen LogP contribution in [0.2, 0.25) is 0 Å². The Morgan fingerprint density at radius 2 is 1.83 bits per heavy atom. The summed E-state index contributed by atoms with van der Waals surface area (Å²) in [5.74, 6) is -0.816. The van der Waals surface area contributed by atoms with E-state index in [2.05, 4.69) is 30.8 Å². The topological polar surface area (TPSA) is 135 Å². The van der Waals surface area contributed by atoms with Crippen molar-refractivity contribution in [1.82, 2.24) is 20.2 Å². The van der Waals surface area contributed by atoms with Gasteiger partial charge in [0.1, 0.15) is 16.8 Å². The van der Waals surface area contributed by atoms with Crippen LogP contribution in [0, 0.1) is 0 Å². The van der Waals surface area contributed by atoms with E-state index in [0.717, 1.165) is 5.56 Å². The summed E-state index contributed by atoms with van der Waals surface area (Å²) in [5.41, 5.74) is -0.294. The SMILES string of the molecule is CC1(C)OC(=O)c2ccc(Nc3ncc(-c4nnc(C5(C(F)(F)F)CC5)o4)c(NC(CO)c4ccccc4)n3)cc21. The molecule has 1 atom stereocenters. The number of fused-ring (bicyclic) bond motifs is 1. The third-order valence-corrected chi connectivity index (χ3v) is 7.33. The van der Waals surface area contributed by atoms with Crippen LogP contribution >= 0.6 is 0 Å². The van der Waals surface area contributed by atoms with Crippen LogP contribution in [0.3, 0.4) is 0 Å². The molecule has 4 aromatic rings. The monoisotopic (exact) mass is 566 g/mol. The van der Waals surface area contributed by atoms with Crippen molar-refractivity contribution < 1.29 is 32.2 Å². The number of aliphatic hydroxyl groups excluding tert-OH is 1. The molecule has 1 aliphatic heterocycles. The number of aliphatic hydroxyl groups is 1. The second kappa shape index (κ2) is 9.54. The molecule has 1 saturated carbocycles. The molecule has 1 unspecified atom stereocenters. The molecule has 3 heterocycles. The Labute approximate surface area is 232 Å². The van der Waals surface area contributed by atoms with Crippen LogP contribution in [0.1, 0.15) is 60.1 Å². The zero-order valence-electron chi connectivity index (χ0n) is 22.0. The molecule has 1 aliphatic carbocycles. The molecular weight excluding hydrogens is 541 g/mol. The number of esters is 1. The number of ether oxygens (including phenoxy) is 1. The number of hydrogen-bond donors (Lipinski definition) is 3. The van der Waals surface area contributed by atoms with Crippen molar-refractivity contribution in [2.75, 3.05) is 17.2 Å². The van der Waals surface area contributed by atoms with Crippen LogP contribution in [0.5, 0.6) is 0 Å². The Morgan fingerprint density at radius 1 is 1.07 bits per heavy atom. The van der Waals surface area contributed by atoms with E-state index in [1.807, 2.05) is 30.3 Å². The number of carbonyl (C=O) groups is 1. The Morgan fingerprint density at radius 3 is 2.51 bits per heavy atom. The van der Waals surface area contributed by atoms with E-state index in [1.165, 1.54) is 6.20 Å². The number of anilines is 3. The molecular formula is C28H25F3N6O4. The maximum atomic E-state index is 13.7. The fourth-order valence-corrected chi connectivity index (χ4v) is 4.83. The van der Waals surface area contributed by atoms with Crippen molar-refractivity contribution in [2.45, 2.75) is 49.9 Å². The molecule has 2 aromatic carbocycles. The summed E-state index contributed by atoms with van der Waals surface area (Å²) < 4.78 is 52.0. The Hall–Kier alpha value is -4.52. The van der Waals surface area contributed by atoms with Crippen molar-refractivity contribution in [3.05, 3.63) is 77.3 Å². The highest BCUT2D eigenvalue weighted by Crippen LogP contribution is 2.58. The van der Waals surface area contributed by atoms with Crippen LogP contribution in [0.15, 0.2) is 59.1 Å². The van der Waals surface area contributed by atoms with Crippen LogP contribution in [0.25, 0.3) is 11.5 Å². The molecule has 0 amide bonds. The molecule has 41 heavy (non-hydrogen) atoms. The van der Waals surface area contributed by atoms with Crippen LogP contribution < -0.4 is 10.6 Å². The smallest absolute Gasteiger partial charge is 0.403 e. The van der Waals surface area contributed by atoms with Crippen LogP contribution in [-0.2, 0) is 15.8 Å². The molecule has 0 saturated heterocycles. The number of cyclic esters (lactones) is 1. The van der Waals surface area contributed by atoms with Gasteiger partial charge in [0.25, 0.3) is 5.89 Å². The minimum atomic E-state index is -4.52. The number of rotatable bonds is 8. The number of nitrogens with one attached hydrogen (secondary N) is 2. The minimum absolute atomic E-state index is 0.128. The van der Waals surface area contributed by atoms with Gasteiger partial charge in [-0.3, -0.25) is 0 Å². The quantitative estimate of drug-likeness (QED) is 0.237. The number of halogens is 3. The van der Waals surface area contributed by atoms with Gasteiger partial charge in [0.05, 0.1) is 23.8 Å². The molecule has 6 rings (SSSR count). The third kappa shape index (κ3) is 4.75. The standard InChI is InChI=1S/C28H25F3N6O4/c1-26(2)19-12-16(8-9-17(19)23(39)41-26)33-25-32-13-18(21(35-25)34-20(14-38)15-6-4-3-5-7-15)22-36-37-24(40-22)27(10-11-27)28(29,30)31/h3-9,12-13,20,38H,10-11,14H2,1-2H3,(H2,32,33,34,35). The highest BCUT2D eigenvalue weighted by atomic mass is 19.4. The van der Waals surface area contributed by atoms with Gasteiger partial charge in [0.15, 0.2) is 0 Å². The number of benzene rings is 2. The van der Waals surface area contributed by atoms with Crippen molar-refractivity contribution in [1.29, 1.82) is 0 Å². The van der Waals surface area contributed by atoms with Gasteiger partial charge in [-0.25, -0.2) is 9.78 Å². The second-order valence-electron chi connectivity index (χ2n) is 10.5. The molecule has 13 heteroatoms. The average molecular weight is 567 g/mol. The summed E-state index contributed by atoms with van der Waals surface area (Å²) in [6.07, 6.45) is -3.42. The third-order valence-electron chi connectivity index (χ3n) is 7.33. The number of nitrogens with zero attached hydrogens (tertiary/aromatic N) is 4. The fraction of sp³-hybridized carbons (Fsp3) is 0.321. The van der Waals surface area contributed by atoms with E-state index in [-0.39, 0.29) is 42.7 Å². The number of aromatic nitrogens is 4. The lowest BCUT2D eigenvalue weighted by molar-refractivity contribution is -0.165. The van der Waals surface area contributed by atoms with E-state index in [9.17, 15) is 23.1 Å². The predicted molar refractivity (Wildman–Crippen MR) is 140 cm³/mol. The highest BCUT2D eigenvalue weighted by Gasteiger charge is 2.68. The van der Waals surface area contributed by atoms with Gasteiger partial charge < -0.3 is 24.9 Å². The maximum absolute atomic E-state index is 13.7. The van der Waals surface area contributed by atoms with Crippen LogP contribution in [0.4, 0.5) is 30.6 Å². The number of carbonyl (C=O) groups excluding carboxylic acids is 1. The van der Waals surface area contributed by atoms with Crippen molar-refractivity contribution in [2.24, 2.45) is 0 Å². The van der Waals surface area contributed by atoms with Crippen molar-refractivity contribution >= 4 is 23.4 Å². The molecule has 2 aliphatic rings. The number of hydrogen-bond acceptors (Lipinski definition) is 10. The molecule has 0 bridgehead atoms. The van der Waals surface area contributed by atoms with Crippen LogP contribution in [-0.4, -0.2) is 44.0 Å². The van der Waals surface area contributed by atoms with Gasteiger partial charge in [0, 0.05) is 17.4 Å². The van der Waals surface area contributed by atoms with Gasteiger partial charge in [-0.05, 0) is 50.5 Å².